The number of likely N-dealkylation sites (N-methyl/N-ethyl adjacent to an activating group) is 1. The minimum Gasteiger partial charge on any atom is -0.450 e. The minimum atomic E-state index is -0.225. The van der Waals surface area contributed by atoms with Crippen molar-refractivity contribution < 1.29 is 14.4 Å². The van der Waals surface area contributed by atoms with Crippen molar-refractivity contribution in [2.24, 2.45) is 0 Å². The van der Waals surface area contributed by atoms with Crippen molar-refractivity contribution in [3.63, 3.8) is 0 Å². The first-order chi connectivity index (χ1) is 9.04. The van der Waals surface area contributed by atoms with Crippen LogP contribution in [0.25, 0.3) is 0 Å². The molecule has 0 saturated carbocycles. The standard InChI is InChI=1S/C12H24N4O2S/c1-4-18-12(17)16-9-7-15(8-10-16)11(19)13-5-6-14(2)3/h4-10H2,1-3H3,(H,13,19)/p+1. The molecule has 6 nitrogen and oxygen atoms in total. The first-order valence-electron chi connectivity index (χ1n) is 6.78. The van der Waals surface area contributed by atoms with Crippen LogP contribution >= 0.6 is 12.2 Å². The van der Waals surface area contributed by atoms with Crippen LogP contribution in [0.4, 0.5) is 4.79 Å². The van der Waals surface area contributed by atoms with Gasteiger partial charge in [0.05, 0.1) is 33.8 Å². The number of nitrogens with one attached hydrogen (secondary N) is 2. The van der Waals surface area contributed by atoms with E-state index in [9.17, 15) is 4.79 Å². The van der Waals surface area contributed by atoms with Crippen LogP contribution in [0.2, 0.25) is 0 Å². The van der Waals surface area contributed by atoms with Crippen molar-refractivity contribution in [3.8, 4) is 0 Å². The second-order valence-electron chi connectivity index (χ2n) is 4.86. The Morgan fingerprint density at radius 3 is 2.37 bits per heavy atom. The van der Waals surface area contributed by atoms with Gasteiger partial charge in [0, 0.05) is 26.2 Å². The maximum atomic E-state index is 11.6. The van der Waals surface area contributed by atoms with Crippen molar-refractivity contribution >= 4 is 23.4 Å². The van der Waals surface area contributed by atoms with Gasteiger partial charge in [-0.2, -0.15) is 0 Å². The molecule has 19 heavy (non-hydrogen) atoms. The zero-order valence-corrected chi connectivity index (χ0v) is 12.9. The molecule has 7 heteroatoms. The van der Waals surface area contributed by atoms with E-state index in [2.05, 4.69) is 24.3 Å². The normalized spacial score (nSPS) is 15.6. The molecule has 0 spiro atoms. The lowest BCUT2D eigenvalue weighted by Gasteiger charge is -2.35. The monoisotopic (exact) mass is 289 g/mol. The Hall–Kier alpha value is -1.08. The summed E-state index contributed by atoms with van der Waals surface area (Å²) in [7, 11) is 4.23. The third-order valence-electron chi connectivity index (χ3n) is 2.99. The largest absolute Gasteiger partial charge is 0.450 e. The molecule has 2 N–H and O–H groups in total. The van der Waals surface area contributed by atoms with Crippen LogP contribution in [-0.4, -0.2) is 81.0 Å². The van der Waals surface area contributed by atoms with E-state index in [1.54, 1.807) is 4.90 Å². The molecule has 1 amide bonds. The summed E-state index contributed by atoms with van der Waals surface area (Å²) in [6.45, 7) is 7.01. The van der Waals surface area contributed by atoms with Gasteiger partial charge in [-0.1, -0.05) is 0 Å². The van der Waals surface area contributed by atoms with Gasteiger partial charge >= 0.3 is 6.09 Å². The van der Waals surface area contributed by atoms with Gasteiger partial charge in [-0.05, 0) is 19.1 Å². The molecular weight excluding hydrogens is 264 g/mol. The number of ether oxygens (including phenoxy) is 1. The summed E-state index contributed by atoms with van der Waals surface area (Å²) in [6.07, 6.45) is -0.225. The van der Waals surface area contributed by atoms with E-state index >= 15 is 0 Å². The average molecular weight is 289 g/mol. The van der Waals surface area contributed by atoms with Crippen LogP contribution in [0.3, 0.4) is 0 Å². The predicted octanol–water partition coefficient (Wildman–Crippen LogP) is -1.22. The third-order valence-corrected chi connectivity index (χ3v) is 3.40. The second-order valence-corrected chi connectivity index (χ2v) is 5.25. The average Bonchev–Trinajstić information content (AvgIpc) is 2.38. The summed E-state index contributed by atoms with van der Waals surface area (Å²) in [5, 5.41) is 4.04. The molecule has 1 aliphatic rings. The highest BCUT2D eigenvalue weighted by Gasteiger charge is 2.22. The maximum absolute atomic E-state index is 11.6. The molecule has 0 radical (unpaired) electrons. The highest BCUT2D eigenvalue weighted by atomic mass is 32.1. The lowest BCUT2D eigenvalue weighted by atomic mass is 10.3. The molecule has 1 fully saturated rings. The Morgan fingerprint density at radius 2 is 1.84 bits per heavy atom. The summed E-state index contributed by atoms with van der Waals surface area (Å²) in [4.78, 5) is 16.8. The molecule has 0 bridgehead atoms. The predicted molar refractivity (Wildman–Crippen MR) is 78.4 cm³/mol. The van der Waals surface area contributed by atoms with Crippen LogP contribution in [0.15, 0.2) is 0 Å². The fraction of sp³-hybridized carbons (Fsp3) is 0.833. The number of rotatable bonds is 4. The van der Waals surface area contributed by atoms with E-state index in [4.69, 9.17) is 17.0 Å². The zero-order chi connectivity index (χ0) is 14.3. The summed E-state index contributed by atoms with van der Waals surface area (Å²) in [5.74, 6) is 0. The molecular formula is C12H25N4O2S+. The van der Waals surface area contributed by atoms with Crippen LogP contribution in [0.1, 0.15) is 6.92 Å². The Labute approximate surface area is 120 Å². The van der Waals surface area contributed by atoms with Gasteiger partial charge in [-0.15, -0.1) is 0 Å². The van der Waals surface area contributed by atoms with E-state index in [1.807, 2.05) is 6.92 Å². The van der Waals surface area contributed by atoms with Crippen molar-refractivity contribution in [1.29, 1.82) is 0 Å². The van der Waals surface area contributed by atoms with Gasteiger partial charge in [0.1, 0.15) is 0 Å². The molecule has 1 saturated heterocycles. The molecule has 0 aromatic heterocycles. The lowest BCUT2D eigenvalue weighted by Crippen LogP contribution is -3.06. The molecule has 1 aliphatic heterocycles. The van der Waals surface area contributed by atoms with Gasteiger partial charge < -0.3 is 24.8 Å². The molecule has 1 rings (SSSR count). The van der Waals surface area contributed by atoms with E-state index in [0.717, 1.165) is 31.3 Å². The van der Waals surface area contributed by atoms with Crippen LogP contribution in [0, 0.1) is 0 Å². The number of piperazine rings is 1. The Kier molecular flexibility index (Phi) is 6.86. The van der Waals surface area contributed by atoms with E-state index in [-0.39, 0.29) is 6.09 Å². The summed E-state index contributed by atoms with van der Waals surface area (Å²) < 4.78 is 4.99. The van der Waals surface area contributed by atoms with Gasteiger partial charge in [0.15, 0.2) is 5.11 Å². The van der Waals surface area contributed by atoms with Gasteiger partial charge in [0.25, 0.3) is 0 Å². The van der Waals surface area contributed by atoms with Crippen LogP contribution < -0.4 is 10.2 Å². The molecule has 110 valence electrons. The van der Waals surface area contributed by atoms with Crippen LogP contribution in [0.5, 0.6) is 0 Å². The van der Waals surface area contributed by atoms with Crippen LogP contribution in [-0.2, 0) is 4.74 Å². The van der Waals surface area contributed by atoms with Gasteiger partial charge in [-0.3, -0.25) is 0 Å². The highest BCUT2D eigenvalue weighted by Crippen LogP contribution is 2.04. The number of carbonyl (C=O) groups is 1. The first-order valence-corrected chi connectivity index (χ1v) is 7.19. The van der Waals surface area contributed by atoms with Crippen molar-refractivity contribution in [3.05, 3.63) is 0 Å². The number of quaternary nitrogens is 1. The number of carbonyl (C=O) groups excluding carboxylic acids is 1. The van der Waals surface area contributed by atoms with Crippen molar-refractivity contribution in [2.75, 3.05) is 60.0 Å². The number of nitrogens with zero attached hydrogens (tertiary/aromatic N) is 2. The molecule has 0 aromatic carbocycles. The molecule has 0 atom stereocenters. The smallest absolute Gasteiger partial charge is 0.409 e. The van der Waals surface area contributed by atoms with Crippen molar-refractivity contribution in [1.82, 2.24) is 15.1 Å². The fourth-order valence-corrected chi connectivity index (χ4v) is 2.12. The SMILES string of the molecule is CCOC(=O)N1CCN(C(=S)NCC[NH+](C)C)CC1. The highest BCUT2D eigenvalue weighted by molar-refractivity contribution is 7.80. The molecule has 1 heterocycles. The Bertz CT molecular complexity index is 304. The summed E-state index contributed by atoms with van der Waals surface area (Å²) >= 11 is 5.35. The number of hydrogen-bond donors (Lipinski definition) is 2. The topological polar surface area (TPSA) is 49.2 Å². The lowest BCUT2D eigenvalue weighted by molar-refractivity contribution is -0.856. The number of hydrogen-bond acceptors (Lipinski definition) is 3. The fourth-order valence-electron chi connectivity index (χ4n) is 1.84. The summed E-state index contributed by atoms with van der Waals surface area (Å²) in [6, 6.07) is 0. The number of amides is 1. The molecule has 0 aromatic rings. The summed E-state index contributed by atoms with van der Waals surface area (Å²) in [5.41, 5.74) is 0. The van der Waals surface area contributed by atoms with Crippen molar-refractivity contribution in [2.45, 2.75) is 6.92 Å². The van der Waals surface area contributed by atoms with Gasteiger partial charge in [-0.25, -0.2) is 4.79 Å². The second kappa shape index (κ2) is 8.16. The molecule has 0 unspecified atom stereocenters. The zero-order valence-electron chi connectivity index (χ0n) is 12.1. The van der Waals surface area contributed by atoms with E-state index < -0.39 is 0 Å². The third kappa shape index (κ3) is 5.61. The van der Waals surface area contributed by atoms with Gasteiger partial charge in [0.2, 0.25) is 0 Å². The Balaban J connectivity index is 2.25. The number of thiocarbonyl (C=S) groups is 1. The first kappa shape index (κ1) is 16.0. The maximum Gasteiger partial charge on any atom is 0.409 e. The van der Waals surface area contributed by atoms with E-state index in [1.165, 1.54) is 4.90 Å². The minimum absolute atomic E-state index is 0.225. The Morgan fingerprint density at radius 1 is 1.26 bits per heavy atom. The van der Waals surface area contributed by atoms with E-state index in [0.29, 0.717) is 19.7 Å². The quantitative estimate of drug-likeness (QED) is 0.636. The molecule has 0 aliphatic carbocycles.